The van der Waals surface area contributed by atoms with E-state index in [-0.39, 0.29) is 5.91 Å². The van der Waals surface area contributed by atoms with Gasteiger partial charge in [0.2, 0.25) is 0 Å². The monoisotopic (exact) mass is 252 g/mol. The smallest absolute Gasteiger partial charge is 0.255 e. The molecular weight excluding hydrogens is 232 g/mol. The van der Waals surface area contributed by atoms with Crippen LogP contribution in [0.2, 0.25) is 0 Å². The Kier molecular flexibility index (Phi) is 3.68. The standard InChI is InChI=1S/C12H20N4O2/c1-12(11(17)15(2)3)9-16(6-7-18-12)8-10-13-4-5-14-10/h4-5H,6-9H2,1-3H3,(H,13,14). The van der Waals surface area contributed by atoms with E-state index in [9.17, 15) is 4.79 Å². The molecule has 0 saturated carbocycles. The zero-order valence-corrected chi connectivity index (χ0v) is 11.1. The number of likely N-dealkylation sites (N-methyl/N-ethyl adjacent to an activating group) is 1. The second kappa shape index (κ2) is 5.07. The van der Waals surface area contributed by atoms with Gasteiger partial charge in [0, 0.05) is 39.6 Å². The fourth-order valence-corrected chi connectivity index (χ4v) is 2.28. The molecule has 0 aromatic carbocycles. The normalized spacial score (nSPS) is 25.1. The van der Waals surface area contributed by atoms with Crippen LogP contribution in [-0.4, -0.2) is 65.1 Å². The zero-order valence-electron chi connectivity index (χ0n) is 11.1. The Morgan fingerprint density at radius 3 is 3.06 bits per heavy atom. The van der Waals surface area contributed by atoms with E-state index in [0.717, 1.165) is 12.4 Å². The second-order valence-electron chi connectivity index (χ2n) is 5.03. The lowest BCUT2D eigenvalue weighted by Gasteiger charge is -2.40. The van der Waals surface area contributed by atoms with Gasteiger partial charge in [0.25, 0.3) is 5.91 Å². The van der Waals surface area contributed by atoms with Crippen LogP contribution in [0.4, 0.5) is 0 Å². The SMILES string of the molecule is CN(C)C(=O)C1(C)CN(Cc2ncc[nH]2)CCO1. The van der Waals surface area contributed by atoms with Crippen LogP contribution >= 0.6 is 0 Å². The molecule has 1 atom stereocenters. The minimum Gasteiger partial charge on any atom is -0.363 e. The topological polar surface area (TPSA) is 61.5 Å². The summed E-state index contributed by atoms with van der Waals surface area (Å²) in [4.78, 5) is 23.2. The molecular formula is C12H20N4O2. The third-order valence-corrected chi connectivity index (χ3v) is 3.14. The number of rotatable bonds is 3. The molecule has 100 valence electrons. The first kappa shape index (κ1) is 13.0. The molecule has 1 fully saturated rings. The average molecular weight is 252 g/mol. The average Bonchev–Trinajstić information content (AvgIpc) is 2.80. The predicted molar refractivity (Wildman–Crippen MR) is 66.9 cm³/mol. The number of nitrogens with zero attached hydrogens (tertiary/aromatic N) is 3. The fraction of sp³-hybridized carbons (Fsp3) is 0.667. The predicted octanol–water partition coefficient (Wildman–Crippen LogP) is 0.0888. The van der Waals surface area contributed by atoms with E-state index in [2.05, 4.69) is 14.9 Å². The van der Waals surface area contributed by atoms with Crippen LogP contribution in [0.3, 0.4) is 0 Å². The fourth-order valence-electron chi connectivity index (χ4n) is 2.28. The Hall–Kier alpha value is -1.40. The minimum atomic E-state index is -0.756. The van der Waals surface area contributed by atoms with E-state index in [1.54, 1.807) is 31.4 Å². The van der Waals surface area contributed by atoms with Gasteiger partial charge >= 0.3 is 0 Å². The van der Waals surface area contributed by atoms with Crippen LogP contribution in [0, 0.1) is 0 Å². The molecule has 2 heterocycles. The highest BCUT2D eigenvalue weighted by Crippen LogP contribution is 2.20. The third-order valence-electron chi connectivity index (χ3n) is 3.14. The number of hydrogen-bond donors (Lipinski definition) is 1. The number of aromatic amines is 1. The lowest BCUT2D eigenvalue weighted by atomic mass is 10.0. The molecule has 1 aliphatic heterocycles. The van der Waals surface area contributed by atoms with Crippen molar-refractivity contribution >= 4 is 5.91 Å². The van der Waals surface area contributed by atoms with Gasteiger partial charge in [0.1, 0.15) is 5.82 Å². The summed E-state index contributed by atoms with van der Waals surface area (Å²) in [7, 11) is 3.50. The van der Waals surface area contributed by atoms with Gasteiger partial charge in [-0.1, -0.05) is 0 Å². The number of morpholine rings is 1. The van der Waals surface area contributed by atoms with Gasteiger partial charge in [-0.3, -0.25) is 9.69 Å². The van der Waals surface area contributed by atoms with E-state index in [4.69, 9.17) is 4.74 Å². The number of imidazole rings is 1. The third kappa shape index (κ3) is 2.70. The van der Waals surface area contributed by atoms with Crippen molar-refractivity contribution in [3.8, 4) is 0 Å². The molecule has 1 amide bonds. The molecule has 6 nitrogen and oxygen atoms in total. The van der Waals surface area contributed by atoms with Crippen molar-refractivity contribution in [1.82, 2.24) is 19.8 Å². The van der Waals surface area contributed by atoms with Crippen LogP contribution in [0.1, 0.15) is 12.7 Å². The Morgan fingerprint density at radius 1 is 1.67 bits per heavy atom. The number of H-pyrrole nitrogens is 1. The summed E-state index contributed by atoms with van der Waals surface area (Å²) in [6.07, 6.45) is 3.54. The van der Waals surface area contributed by atoms with Gasteiger partial charge in [-0.05, 0) is 6.92 Å². The lowest BCUT2D eigenvalue weighted by molar-refractivity contribution is -0.165. The molecule has 1 N–H and O–H groups in total. The van der Waals surface area contributed by atoms with Gasteiger partial charge in [0.05, 0.1) is 13.2 Å². The summed E-state index contributed by atoms with van der Waals surface area (Å²) in [6.45, 7) is 4.54. The van der Waals surface area contributed by atoms with Crippen LogP contribution in [0.25, 0.3) is 0 Å². The number of ether oxygens (including phenoxy) is 1. The molecule has 1 aromatic rings. The molecule has 1 unspecified atom stereocenters. The molecule has 2 rings (SSSR count). The Labute approximate surface area is 107 Å². The van der Waals surface area contributed by atoms with Crippen LogP contribution in [0.5, 0.6) is 0 Å². The van der Waals surface area contributed by atoms with Gasteiger partial charge in [-0.15, -0.1) is 0 Å². The highest BCUT2D eigenvalue weighted by atomic mass is 16.5. The van der Waals surface area contributed by atoms with Crippen molar-refractivity contribution in [3.63, 3.8) is 0 Å². The maximum atomic E-state index is 12.1. The number of carbonyl (C=O) groups excluding carboxylic acids is 1. The van der Waals surface area contributed by atoms with Crippen molar-refractivity contribution in [1.29, 1.82) is 0 Å². The van der Waals surface area contributed by atoms with Crippen molar-refractivity contribution in [2.24, 2.45) is 0 Å². The van der Waals surface area contributed by atoms with Gasteiger partial charge in [-0.25, -0.2) is 4.98 Å². The number of carbonyl (C=O) groups is 1. The van der Waals surface area contributed by atoms with Crippen LogP contribution < -0.4 is 0 Å². The Morgan fingerprint density at radius 2 is 2.44 bits per heavy atom. The van der Waals surface area contributed by atoms with Crippen LogP contribution in [0.15, 0.2) is 12.4 Å². The van der Waals surface area contributed by atoms with E-state index < -0.39 is 5.60 Å². The molecule has 0 bridgehead atoms. The van der Waals surface area contributed by atoms with E-state index in [0.29, 0.717) is 19.7 Å². The number of nitrogens with one attached hydrogen (secondary N) is 1. The van der Waals surface area contributed by atoms with Crippen molar-refractivity contribution in [3.05, 3.63) is 18.2 Å². The molecule has 1 aromatic heterocycles. The highest BCUT2D eigenvalue weighted by Gasteiger charge is 2.40. The second-order valence-corrected chi connectivity index (χ2v) is 5.03. The largest absolute Gasteiger partial charge is 0.363 e. The van der Waals surface area contributed by atoms with Crippen molar-refractivity contribution in [2.75, 3.05) is 33.8 Å². The van der Waals surface area contributed by atoms with E-state index in [1.165, 1.54) is 0 Å². The highest BCUT2D eigenvalue weighted by molar-refractivity contribution is 5.84. The van der Waals surface area contributed by atoms with Crippen LogP contribution in [-0.2, 0) is 16.1 Å². The lowest BCUT2D eigenvalue weighted by Crippen LogP contribution is -2.57. The summed E-state index contributed by atoms with van der Waals surface area (Å²) < 4.78 is 5.67. The maximum Gasteiger partial charge on any atom is 0.255 e. The summed E-state index contributed by atoms with van der Waals surface area (Å²) in [5, 5.41) is 0. The van der Waals surface area contributed by atoms with Gasteiger partial charge in [-0.2, -0.15) is 0 Å². The Bertz CT molecular complexity index is 404. The molecule has 6 heteroatoms. The van der Waals surface area contributed by atoms with Crippen molar-refractivity contribution in [2.45, 2.75) is 19.1 Å². The molecule has 1 saturated heterocycles. The number of aromatic nitrogens is 2. The molecule has 0 radical (unpaired) electrons. The maximum absolute atomic E-state index is 12.1. The zero-order chi connectivity index (χ0) is 13.2. The first-order valence-electron chi connectivity index (χ1n) is 6.07. The van der Waals surface area contributed by atoms with Crippen molar-refractivity contribution < 1.29 is 9.53 Å². The first-order valence-corrected chi connectivity index (χ1v) is 6.07. The summed E-state index contributed by atoms with van der Waals surface area (Å²) in [6, 6.07) is 0. The minimum absolute atomic E-state index is 0.00615. The number of amides is 1. The summed E-state index contributed by atoms with van der Waals surface area (Å²) in [5.41, 5.74) is -0.756. The quantitative estimate of drug-likeness (QED) is 0.828. The molecule has 18 heavy (non-hydrogen) atoms. The molecule has 1 aliphatic rings. The van der Waals surface area contributed by atoms with E-state index in [1.807, 2.05) is 6.92 Å². The Balaban J connectivity index is 2.01. The van der Waals surface area contributed by atoms with Gasteiger partial charge < -0.3 is 14.6 Å². The van der Waals surface area contributed by atoms with Gasteiger partial charge in [0.15, 0.2) is 5.60 Å². The van der Waals surface area contributed by atoms with E-state index >= 15 is 0 Å². The summed E-state index contributed by atoms with van der Waals surface area (Å²) in [5.74, 6) is 0.920. The summed E-state index contributed by atoms with van der Waals surface area (Å²) >= 11 is 0. The molecule has 0 aliphatic carbocycles. The number of hydrogen-bond acceptors (Lipinski definition) is 4. The molecule has 0 spiro atoms. The first-order chi connectivity index (χ1) is 8.51.